The zero-order valence-corrected chi connectivity index (χ0v) is 54.9. The number of nitrogens with zero attached hydrogens (tertiary/aromatic N) is 2. The topological polar surface area (TPSA) is 31.7 Å². The molecule has 5 heteroatoms. The van der Waals surface area contributed by atoms with E-state index < -0.39 is 0 Å². The molecule has 0 saturated heterocycles. The van der Waals surface area contributed by atoms with Gasteiger partial charge >= 0.3 is 0 Å². The summed E-state index contributed by atoms with van der Waals surface area (Å²) in [5, 5.41) is 6.27. The van der Waals surface area contributed by atoms with Crippen LogP contribution in [0.25, 0.3) is 55.3 Å². The first-order chi connectivity index (χ1) is 41.5. The second-order valence-electron chi connectivity index (χ2n) is 30.7. The van der Waals surface area contributed by atoms with Gasteiger partial charge in [0, 0.05) is 72.7 Å². The molecule has 0 spiro atoms. The average Bonchev–Trinajstić information content (AvgIpc) is 1.39. The molecule has 2 heterocycles. The first-order valence-electron chi connectivity index (χ1n) is 31.7. The van der Waals surface area contributed by atoms with Crippen molar-refractivity contribution in [2.45, 2.75) is 150 Å². The van der Waals surface area contributed by atoms with Gasteiger partial charge in [-0.2, -0.15) is 0 Å². The van der Waals surface area contributed by atoms with Crippen molar-refractivity contribution in [3.63, 3.8) is 0 Å². The second-order valence-corrected chi connectivity index (χ2v) is 30.7. The Morgan fingerprint density at radius 2 is 0.920 bits per heavy atom. The van der Waals surface area contributed by atoms with E-state index in [9.17, 15) is 0 Å². The molecule has 88 heavy (non-hydrogen) atoms. The van der Waals surface area contributed by atoms with E-state index in [4.69, 9.17) is 4.42 Å². The summed E-state index contributed by atoms with van der Waals surface area (Å²) in [5.41, 5.74) is 28.2. The van der Waals surface area contributed by atoms with E-state index in [1.54, 1.807) is 0 Å². The Bertz CT molecular complexity index is 4450. The summed E-state index contributed by atoms with van der Waals surface area (Å²) in [6.07, 6.45) is 0. The van der Waals surface area contributed by atoms with Crippen molar-refractivity contribution in [2.75, 3.05) is 15.1 Å². The molecule has 1 aliphatic carbocycles. The predicted octanol–water partition coefficient (Wildman–Crippen LogP) is 22.4. The monoisotopic (exact) mass is 1150 g/mol. The minimum Gasteiger partial charge on any atom is -0.455 e. The molecule has 1 N–H and O–H groups in total. The van der Waals surface area contributed by atoms with Gasteiger partial charge in [-0.1, -0.05) is 232 Å². The van der Waals surface area contributed by atoms with Crippen molar-refractivity contribution in [2.24, 2.45) is 0 Å². The second kappa shape index (κ2) is 20.8. The fourth-order valence-corrected chi connectivity index (χ4v) is 13.5. The maximum Gasteiger partial charge on any atom is 0.198 e. The average molecular weight is 1150 g/mol. The summed E-state index contributed by atoms with van der Waals surface area (Å²) in [5.74, 6) is 0. The Balaban J connectivity index is 1.11. The van der Waals surface area contributed by atoms with E-state index in [1.807, 2.05) is 0 Å². The standard InChI is InChI=1S/C83H85BN3O/c1-78(2,3)52-27-35-57(36-28-52)85-70-50-68-64(63-47-60(41-42-67(63)83(68,16)17)86(58-37-29-53(30-38-58)79(4,5)6)59-39-31-54(32-40-59)80(7,8)9)48-66(70)75-76-73(49-65-61-25-21-22-26-74(61)88-77(65)75)87(72-44-34-56(82(13,14)15)46-69(72)84-76)71-43-33-55(81(10,11)12)45-62(71)51-23-19-18-20-24-51/h18-50,85H,1-17H3. The van der Waals surface area contributed by atoms with Crippen LogP contribution < -0.4 is 26.0 Å². The molecule has 0 atom stereocenters. The number of hydrogen-bond acceptors (Lipinski definition) is 4. The number of nitrogens with one attached hydrogen (secondary N) is 1. The minimum atomic E-state index is -0.342. The first kappa shape index (κ1) is 58.5. The summed E-state index contributed by atoms with van der Waals surface area (Å²) in [7, 11) is 2.46. The molecule has 0 bridgehead atoms. The molecule has 11 aromatic rings. The van der Waals surface area contributed by atoms with Gasteiger partial charge in [0.25, 0.3) is 0 Å². The van der Waals surface area contributed by atoms with Gasteiger partial charge in [0.05, 0.1) is 5.69 Å². The van der Waals surface area contributed by atoms with Gasteiger partial charge in [-0.25, -0.2) is 0 Å². The highest BCUT2D eigenvalue weighted by Gasteiger charge is 2.40. The molecule has 1 aromatic heterocycles. The maximum atomic E-state index is 7.38. The van der Waals surface area contributed by atoms with Crippen molar-refractivity contribution in [3.05, 3.63) is 239 Å². The van der Waals surface area contributed by atoms with Crippen LogP contribution in [0.1, 0.15) is 157 Å². The summed E-state index contributed by atoms with van der Waals surface area (Å²) >= 11 is 0. The van der Waals surface area contributed by atoms with Crippen LogP contribution in [-0.2, 0) is 32.5 Å². The number of benzene rings is 10. The van der Waals surface area contributed by atoms with Crippen LogP contribution in [0.2, 0.25) is 0 Å². The molecule has 0 amide bonds. The Hall–Kier alpha value is -8.54. The van der Waals surface area contributed by atoms with Crippen molar-refractivity contribution in [1.29, 1.82) is 0 Å². The number of anilines is 8. The fraction of sp³-hybridized carbons (Fsp3) is 0.277. The molecule has 0 unspecified atom stereocenters. The fourth-order valence-electron chi connectivity index (χ4n) is 13.5. The summed E-state index contributed by atoms with van der Waals surface area (Å²) < 4.78 is 7.38. The van der Waals surface area contributed by atoms with E-state index >= 15 is 0 Å². The molecule has 4 nitrogen and oxygen atoms in total. The smallest absolute Gasteiger partial charge is 0.198 e. The predicted molar refractivity (Wildman–Crippen MR) is 380 cm³/mol. The van der Waals surface area contributed by atoms with Crippen LogP contribution >= 0.6 is 0 Å². The summed E-state index contributed by atoms with van der Waals surface area (Å²) in [6.45, 7) is 39.3. The van der Waals surface area contributed by atoms with Gasteiger partial charge in [-0.05, 0) is 179 Å². The van der Waals surface area contributed by atoms with E-state index in [0.717, 1.165) is 89.5 Å². The number of hydrogen-bond donors (Lipinski definition) is 1. The van der Waals surface area contributed by atoms with Crippen molar-refractivity contribution in [1.82, 2.24) is 0 Å². The van der Waals surface area contributed by atoms with E-state index in [2.05, 4.69) is 340 Å². The number of furan rings is 1. The third-order valence-corrected chi connectivity index (χ3v) is 18.9. The molecule has 1 aliphatic heterocycles. The molecular formula is C83H85BN3O. The molecule has 441 valence electrons. The van der Waals surface area contributed by atoms with Crippen LogP contribution in [-0.4, -0.2) is 7.28 Å². The quantitative estimate of drug-likeness (QED) is 0.154. The van der Waals surface area contributed by atoms with Crippen molar-refractivity contribution in [3.8, 4) is 33.4 Å². The lowest BCUT2D eigenvalue weighted by Gasteiger charge is -2.37. The van der Waals surface area contributed by atoms with Crippen LogP contribution in [0.5, 0.6) is 0 Å². The van der Waals surface area contributed by atoms with Crippen LogP contribution in [0.15, 0.2) is 205 Å². The maximum absolute atomic E-state index is 7.38. The Morgan fingerprint density at radius 3 is 1.51 bits per heavy atom. The van der Waals surface area contributed by atoms with Gasteiger partial charge in [0.2, 0.25) is 0 Å². The van der Waals surface area contributed by atoms with E-state index in [-0.39, 0.29) is 32.5 Å². The first-order valence-corrected chi connectivity index (χ1v) is 31.7. The zero-order valence-electron chi connectivity index (χ0n) is 54.9. The van der Waals surface area contributed by atoms with Crippen LogP contribution in [0.3, 0.4) is 0 Å². The molecule has 2 aliphatic rings. The van der Waals surface area contributed by atoms with Gasteiger partial charge in [0.15, 0.2) is 7.28 Å². The number of fused-ring (bicyclic) bond motifs is 8. The van der Waals surface area contributed by atoms with Crippen LogP contribution in [0.4, 0.5) is 45.5 Å². The summed E-state index contributed by atoms with van der Waals surface area (Å²) in [6, 6.07) is 75.9. The third kappa shape index (κ3) is 10.3. The molecule has 1 radical (unpaired) electrons. The molecule has 13 rings (SSSR count). The highest BCUT2D eigenvalue weighted by atomic mass is 16.3. The lowest BCUT2D eigenvalue weighted by molar-refractivity contribution is 0.590. The third-order valence-electron chi connectivity index (χ3n) is 18.9. The highest BCUT2D eigenvalue weighted by Crippen LogP contribution is 2.55. The Kier molecular flexibility index (Phi) is 13.8. The van der Waals surface area contributed by atoms with Gasteiger partial charge in [0.1, 0.15) is 11.2 Å². The lowest BCUT2D eigenvalue weighted by Crippen LogP contribution is -2.41. The van der Waals surface area contributed by atoms with Gasteiger partial charge < -0.3 is 19.5 Å². The number of rotatable bonds is 8. The van der Waals surface area contributed by atoms with E-state index in [1.165, 1.54) is 61.2 Å². The van der Waals surface area contributed by atoms with Crippen molar-refractivity contribution < 1.29 is 4.42 Å². The lowest BCUT2D eigenvalue weighted by atomic mass is 9.57. The highest BCUT2D eigenvalue weighted by molar-refractivity contribution is 6.74. The zero-order chi connectivity index (χ0) is 62.2. The Morgan fingerprint density at radius 1 is 0.409 bits per heavy atom. The SMILES string of the molecule is CC(C)(C)c1ccc(Nc2cc3c(cc2-c2c4c(cc5c2oc2ccccc25)N(c2ccc(C(C)(C)C)cc2-c2ccccc2)c2ccc(C(C)(C)C)cc2[B]4)-c2cc(N(c4ccc(C(C)(C)C)cc4)c4ccc(C(C)(C)C)cc4)ccc2C3(C)C)cc1. The molecule has 0 fully saturated rings. The molecule has 10 aromatic carbocycles. The van der Waals surface area contributed by atoms with Gasteiger partial charge in [-0.15, -0.1) is 0 Å². The van der Waals surface area contributed by atoms with Crippen LogP contribution in [0, 0.1) is 0 Å². The molecular weight excluding hydrogens is 1070 g/mol. The van der Waals surface area contributed by atoms with Crippen molar-refractivity contribution >= 4 is 85.6 Å². The number of para-hydroxylation sites is 1. The largest absolute Gasteiger partial charge is 0.455 e. The van der Waals surface area contributed by atoms with Gasteiger partial charge in [-0.3, -0.25) is 0 Å². The van der Waals surface area contributed by atoms with E-state index in [0.29, 0.717) is 0 Å². The normalized spacial score (nSPS) is 13.9. The summed E-state index contributed by atoms with van der Waals surface area (Å²) in [4.78, 5) is 5.00. The Labute approximate surface area is 524 Å². The molecule has 0 saturated carbocycles. The minimum absolute atomic E-state index is 0.00153.